The first kappa shape index (κ1) is 14.3. The van der Waals surface area contributed by atoms with E-state index in [0.717, 1.165) is 5.56 Å². The molecule has 1 saturated heterocycles. The number of rotatable bonds is 4. The zero-order valence-corrected chi connectivity index (χ0v) is 11.0. The van der Waals surface area contributed by atoms with Crippen LogP contribution in [0.5, 0.6) is 5.75 Å². The molecule has 0 aliphatic carbocycles. The van der Waals surface area contributed by atoms with Gasteiger partial charge in [0.2, 0.25) is 5.91 Å². The maximum Gasteiger partial charge on any atom is 0.326 e. The first-order chi connectivity index (χ1) is 9.49. The SMILES string of the molecule is NC(Cc1ccc(O)cc1)C(=O)N1CCC[C@H]1C(=O)O. The third kappa shape index (κ3) is 3.08. The Bertz CT molecular complexity index is 500. The number of carboxylic acids is 1. The van der Waals surface area contributed by atoms with Crippen LogP contribution in [0.3, 0.4) is 0 Å². The average Bonchev–Trinajstić information content (AvgIpc) is 2.90. The van der Waals surface area contributed by atoms with E-state index in [1.54, 1.807) is 12.1 Å². The van der Waals surface area contributed by atoms with Gasteiger partial charge in [0.1, 0.15) is 11.8 Å². The van der Waals surface area contributed by atoms with E-state index in [-0.39, 0.29) is 11.7 Å². The van der Waals surface area contributed by atoms with Crippen LogP contribution in [-0.2, 0) is 16.0 Å². The Morgan fingerprint density at radius 1 is 1.35 bits per heavy atom. The molecular formula is C14H18N2O4. The Hall–Kier alpha value is -2.08. The fraction of sp³-hybridized carbons (Fsp3) is 0.429. The Morgan fingerprint density at radius 2 is 2.00 bits per heavy atom. The van der Waals surface area contributed by atoms with Gasteiger partial charge in [-0.2, -0.15) is 0 Å². The van der Waals surface area contributed by atoms with Gasteiger partial charge < -0.3 is 20.8 Å². The summed E-state index contributed by atoms with van der Waals surface area (Å²) >= 11 is 0. The van der Waals surface area contributed by atoms with Crippen molar-refractivity contribution in [3.05, 3.63) is 29.8 Å². The molecule has 0 aromatic heterocycles. The van der Waals surface area contributed by atoms with Crippen molar-refractivity contribution in [2.24, 2.45) is 5.73 Å². The molecular weight excluding hydrogens is 260 g/mol. The molecule has 6 nitrogen and oxygen atoms in total. The summed E-state index contributed by atoms with van der Waals surface area (Å²) in [4.78, 5) is 24.6. The summed E-state index contributed by atoms with van der Waals surface area (Å²) < 4.78 is 0. The van der Waals surface area contributed by atoms with E-state index in [1.807, 2.05) is 0 Å². The smallest absolute Gasteiger partial charge is 0.326 e. The summed E-state index contributed by atoms with van der Waals surface area (Å²) in [5, 5.41) is 18.3. The summed E-state index contributed by atoms with van der Waals surface area (Å²) in [5.41, 5.74) is 6.71. The van der Waals surface area contributed by atoms with Crippen molar-refractivity contribution in [1.82, 2.24) is 4.90 Å². The molecule has 1 unspecified atom stereocenters. The van der Waals surface area contributed by atoms with Crippen molar-refractivity contribution in [3.63, 3.8) is 0 Å². The number of hydrogen-bond acceptors (Lipinski definition) is 4. The third-order valence-electron chi connectivity index (χ3n) is 3.53. The van der Waals surface area contributed by atoms with Gasteiger partial charge in [-0.1, -0.05) is 12.1 Å². The second-order valence-corrected chi connectivity index (χ2v) is 5.00. The number of carbonyl (C=O) groups excluding carboxylic acids is 1. The lowest BCUT2D eigenvalue weighted by Gasteiger charge is -2.24. The normalized spacial score (nSPS) is 19.9. The van der Waals surface area contributed by atoms with Crippen molar-refractivity contribution in [2.45, 2.75) is 31.3 Å². The summed E-state index contributed by atoms with van der Waals surface area (Å²) in [6.45, 7) is 0.444. The lowest BCUT2D eigenvalue weighted by Crippen LogP contribution is -2.49. The molecule has 0 radical (unpaired) electrons. The van der Waals surface area contributed by atoms with Crippen molar-refractivity contribution in [3.8, 4) is 5.75 Å². The number of nitrogens with two attached hydrogens (primary N) is 1. The van der Waals surface area contributed by atoms with E-state index in [2.05, 4.69) is 0 Å². The predicted octanol–water partition coefficient (Wildman–Crippen LogP) is 0.338. The molecule has 6 heteroatoms. The highest BCUT2D eigenvalue weighted by Crippen LogP contribution is 2.19. The number of amides is 1. The molecule has 1 amide bonds. The van der Waals surface area contributed by atoms with Crippen LogP contribution < -0.4 is 5.73 Å². The molecule has 0 saturated carbocycles. The Labute approximate surface area is 116 Å². The van der Waals surface area contributed by atoms with Crippen molar-refractivity contribution < 1.29 is 19.8 Å². The van der Waals surface area contributed by atoms with E-state index in [9.17, 15) is 14.7 Å². The number of phenols is 1. The molecule has 1 aromatic rings. The predicted molar refractivity (Wildman–Crippen MR) is 72.2 cm³/mol. The molecule has 2 rings (SSSR count). The number of carboxylic acid groups (broad SMARTS) is 1. The first-order valence-corrected chi connectivity index (χ1v) is 6.56. The second kappa shape index (κ2) is 5.92. The van der Waals surface area contributed by atoms with Crippen molar-refractivity contribution in [1.29, 1.82) is 0 Å². The summed E-state index contributed by atoms with van der Waals surface area (Å²) in [5.74, 6) is -1.16. The highest BCUT2D eigenvalue weighted by atomic mass is 16.4. The van der Waals surface area contributed by atoms with Gasteiger partial charge in [0, 0.05) is 6.54 Å². The van der Waals surface area contributed by atoms with Crippen LogP contribution in [0.4, 0.5) is 0 Å². The minimum absolute atomic E-state index is 0.152. The zero-order valence-electron chi connectivity index (χ0n) is 11.0. The summed E-state index contributed by atoms with van der Waals surface area (Å²) in [6, 6.07) is 4.93. The van der Waals surface area contributed by atoms with E-state index < -0.39 is 18.1 Å². The van der Waals surface area contributed by atoms with E-state index >= 15 is 0 Å². The number of aliphatic carboxylic acids is 1. The highest BCUT2D eigenvalue weighted by Gasteiger charge is 2.35. The molecule has 4 N–H and O–H groups in total. The summed E-state index contributed by atoms with van der Waals surface area (Å²) in [6.07, 6.45) is 1.49. The molecule has 108 valence electrons. The number of benzene rings is 1. The molecule has 1 aliphatic rings. The molecule has 0 spiro atoms. The van der Waals surface area contributed by atoms with Gasteiger partial charge in [0.15, 0.2) is 0 Å². The number of likely N-dealkylation sites (tertiary alicyclic amines) is 1. The van der Waals surface area contributed by atoms with Crippen molar-refractivity contribution in [2.75, 3.05) is 6.54 Å². The van der Waals surface area contributed by atoms with Crippen LogP contribution in [0.25, 0.3) is 0 Å². The number of carbonyl (C=O) groups is 2. The summed E-state index contributed by atoms with van der Waals surface area (Å²) in [7, 11) is 0. The fourth-order valence-corrected chi connectivity index (χ4v) is 2.47. The van der Waals surface area contributed by atoms with Gasteiger partial charge in [-0.05, 0) is 37.0 Å². The molecule has 0 bridgehead atoms. The van der Waals surface area contributed by atoms with Crippen LogP contribution in [0.1, 0.15) is 18.4 Å². The van der Waals surface area contributed by atoms with Gasteiger partial charge in [0.05, 0.1) is 6.04 Å². The number of nitrogens with zero attached hydrogens (tertiary/aromatic N) is 1. The number of aromatic hydroxyl groups is 1. The van der Waals surface area contributed by atoms with E-state index in [0.29, 0.717) is 25.8 Å². The third-order valence-corrected chi connectivity index (χ3v) is 3.53. The molecule has 20 heavy (non-hydrogen) atoms. The topological polar surface area (TPSA) is 104 Å². The van der Waals surface area contributed by atoms with Crippen LogP contribution in [0, 0.1) is 0 Å². The van der Waals surface area contributed by atoms with Gasteiger partial charge in [-0.15, -0.1) is 0 Å². The fourth-order valence-electron chi connectivity index (χ4n) is 2.47. The van der Waals surface area contributed by atoms with Gasteiger partial charge in [-0.25, -0.2) is 4.79 Å². The van der Waals surface area contributed by atoms with Crippen LogP contribution in [0.2, 0.25) is 0 Å². The monoisotopic (exact) mass is 278 g/mol. The standard InChI is InChI=1S/C14H18N2O4/c15-11(8-9-3-5-10(17)6-4-9)13(18)16-7-1-2-12(16)14(19)20/h3-6,11-12,17H,1-2,7-8,15H2,(H,19,20)/t11?,12-/m0/s1. The Kier molecular flexibility index (Phi) is 4.24. The maximum atomic E-state index is 12.2. The lowest BCUT2D eigenvalue weighted by atomic mass is 10.0. The number of hydrogen-bond donors (Lipinski definition) is 3. The number of phenolic OH excluding ortho intramolecular Hbond substituents is 1. The van der Waals surface area contributed by atoms with E-state index in [1.165, 1.54) is 17.0 Å². The molecule has 1 heterocycles. The largest absolute Gasteiger partial charge is 0.508 e. The van der Waals surface area contributed by atoms with Gasteiger partial charge >= 0.3 is 5.97 Å². The van der Waals surface area contributed by atoms with Gasteiger partial charge in [-0.3, -0.25) is 4.79 Å². The Morgan fingerprint density at radius 3 is 2.60 bits per heavy atom. The minimum atomic E-state index is -0.979. The maximum absolute atomic E-state index is 12.2. The average molecular weight is 278 g/mol. The molecule has 2 atom stereocenters. The quantitative estimate of drug-likeness (QED) is 0.736. The highest BCUT2D eigenvalue weighted by molar-refractivity contribution is 5.87. The Balaban J connectivity index is 2.01. The van der Waals surface area contributed by atoms with Crippen LogP contribution in [0.15, 0.2) is 24.3 Å². The van der Waals surface area contributed by atoms with Crippen LogP contribution >= 0.6 is 0 Å². The van der Waals surface area contributed by atoms with Crippen molar-refractivity contribution >= 4 is 11.9 Å². The second-order valence-electron chi connectivity index (χ2n) is 5.00. The molecule has 1 aliphatic heterocycles. The van der Waals surface area contributed by atoms with E-state index in [4.69, 9.17) is 10.8 Å². The molecule has 1 fully saturated rings. The molecule has 1 aromatic carbocycles. The first-order valence-electron chi connectivity index (χ1n) is 6.56. The van der Waals surface area contributed by atoms with Gasteiger partial charge in [0.25, 0.3) is 0 Å². The zero-order chi connectivity index (χ0) is 14.7. The lowest BCUT2D eigenvalue weighted by molar-refractivity contribution is -0.148. The minimum Gasteiger partial charge on any atom is -0.508 e. The van der Waals surface area contributed by atoms with Crippen LogP contribution in [-0.4, -0.2) is 45.6 Å².